The smallest absolute Gasteiger partial charge is 0.241 e. The number of fused-ring (bicyclic) bond motifs is 1. The zero-order valence-corrected chi connectivity index (χ0v) is 13.8. The molecule has 1 aromatic carbocycles. The summed E-state index contributed by atoms with van der Waals surface area (Å²) < 4.78 is 33.9. The van der Waals surface area contributed by atoms with E-state index in [9.17, 15) is 13.2 Å². The summed E-state index contributed by atoms with van der Waals surface area (Å²) in [5.41, 5.74) is 0.759. The number of ether oxygens (including phenoxy) is 2. The van der Waals surface area contributed by atoms with Crippen LogP contribution in [0.2, 0.25) is 0 Å². The Morgan fingerprint density at radius 1 is 1.30 bits per heavy atom. The summed E-state index contributed by atoms with van der Waals surface area (Å²) >= 11 is 0. The summed E-state index contributed by atoms with van der Waals surface area (Å²) in [6, 6.07) is 5.19. The van der Waals surface area contributed by atoms with Gasteiger partial charge < -0.3 is 19.7 Å². The molecule has 23 heavy (non-hydrogen) atoms. The summed E-state index contributed by atoms with van der Waals surface area (Å²) in [4.78, 5) is 13.7. The molecular weight excluding hydrogens is 320 g/mol. The number of hydrogen-bond acceptors (Lipinski definition) is 6. The number of sulfone groups is 1. The molecule has 2 heterocycles. The maximum atomic E-state index is 12.2. The third-order valence-electron chi connectivity index (χ3n) is 4.14. The van der Waals surface area contributed by atoms with Crippen molar-refractivity contribution in [1.82, 2.24) is 4.90 Å². The van der Waals surface area contributed by atoms with Crippen LogP contribution in [0.1, 0.15) is 6.42 Å². The van der Waals surface area contributed by atoms with Gasteiger partial charge in [0.1, 0.15) is 13.2 Å². The van der Waals surface area contributed by atoms with Crippen molar-refractivity contribution < 1.29 is 22.7 Å². The zero-order valence-electron chi connectivity index (χ0n) is 12.9. The Morgan fingerprint density at radius 3 is 2.74 bits per heavy atom. The van der Waals surface area contributed by atoms with E-state index in [1.807, 2.05) is 6.07 Å². The predicted molar refractivity (Wildman–Crippen MR) is 85.8 cm³/mol. The molecule has 1 N–H and O–H groups in total. The Hall–Kier alpha value is -1.96. The predicted octanol–water partition coefficient (Wildman–Crippen LogP) is 0.515. The molecule has 1 saturated heterocycles. The minimum atomic E-state index is -3.00. The van der Waals surface area contributed by atoms with Crippen molar-refractivity contribution >= 4 is 21.4 Å². The Bertz CT molecular complexity index is 704. The van der Waals surface area contributed by atoms with Gasteiger partial charge in [-0.15, -0.1) is 0 Å². The van der Waals surface area contributed by atoms with E-state index in [2.05, 4.69) is 5.32 Å². The topological polar surface area (TPSA) is 84.9 Å². The van der Waals surface area contributed by atoms with E-state index in [4.69, 9.17) is 9.47 Å². The van der Waals surface area contributed by atoms with Gasteiger partial charge in [0.15, 0.2) is 21.3 Å². The lowest BCUT2D eigenvalue weighted by atomic mass is 10.2. The highest BCUT2D eigenvalue weighted by molar-refractivity contribution is 7.91. The average molecular weight is 340 g/mol. The Balaban J connectivity index is 1.56. The molecule has 2 aliphatic heterocycles. The van der Waals surface area contributed by atoms with Crippen LogP contribution in [0, 0.1) is 0 Å². The molecule has 1 amide bonds. The lowest BCUT2D eigenvalue weighted by Gasteiger charge is -2.24. The maximum Gasteiger partial charge on any atom is 0.241 e. The molecule has 0 bridgehead atoms. The second-order valence-electron chi connectivity index (χ2n) is 5.77. The molecule has 126 valence electrons. The molecule has 1 atom stereocenters. The fourth-order valence-corrected chi connectivity index (χ4v) is 4.51. The van der Waals surface area contributed by atoms with Gasteiger partial charge in [-0.1, -0.05) is 0 Å². The van der Waals surface area contributed by atoms with Crippen LogP contribution in [0.15, 0.2) is 18.2 Å². The number of benzene rings is 1. The van der Waals surface area contributed by atoms with Gasteiger partial charge in [-0.2, -0.15) is 0 Å². The summed E-state index contributed by atoms with van der Waals surface area (Å²) in [6.45, 7) is 1.15. The van der Waals surface area contributed by atoms with Gasteiger partial charge in [0.25, 0.3) is 0 Å². The van der Waals surface area contributed by atoms with Crippen molar-refractivity contribution in [2.75, 3.05) is 43.6 Å². The van der Waals surface area contributed by atoms with E-state index in [0.29, 0.717) is 31.1 Å². The Morgan fingerprint density at radius 2 is 2.04 bits per heavy atom. The van der Waals surface area contributed by atoms with E-state index >= 15 is 0 Å². The largest absolute Gasteiger partial charge is 0.486 e. The van der Waals surface area contributed by atoms with Gasteiger partial charge >= 0.3 is 0 Å². The lowest BCUT2D eigenvalue weighted by Crippen LogP contribution is -2.40. The fourth-order valence-electron chi connectivity index (χ4n) is 2.74. The molecule has 0 radical (unpaired) electrons. The molecule has 3 rings (SSSR count). The van der Waals surface area contributed by atoms with E-state index in [0.717, 1.165) is 5.69 Å². The summed E-state index contributed by atoms with van der Waals surface area (Å²) in [5, 5.41) is 3.04. The quantitative estimate of drug-likeness (QED) is 0.860. The number of nitrogens with zero attached hydrogens (tertiary/aromatic N) is 1. The first kappa shape index (κ1) is 15.9. The average Bonchev–Trinajstić information content (AvgIpc) is 2.91. The van der Waals surface area contributed by atoms with Gasteiger partial charge in [-0.3, -0.25) is 4.79 Å². The fraction of sp³-hybridized carbons (Fsp3) is 0.533. The number of hydrogen-bond donors (Lipinski definition) is 1. The number of amides is 1. The SMILES string of the molecule is CN(C(=O)CNc1ccc2c(c1)OCCO2)[C@@H]1CCS(=O)(=O)C1. The van der Waals surface area contributed by atoms with Crippen molar-refractivity contribution in [3.8, 4) is 11.5 Å². The van der Waals surface area contributed by atoms with Crippen LogP contribution in [0.3, 0.4) is 0 Å². The normalized spacial score (nSPS) is 21.7. The van der Waals surface area contributed by atoms with Gasteiger partial charge in [0.05, 0.1) is 18.1 Å². The Labute approximate surface area is 135 Å². The van der Waals surface area contributed by atoms with Crippen molar-refractivity contribution in [3.05, 3.63) is 18.2 Å². The first-order valence-electron chi connectivity index (χ1n) is 7.54. The van der Waals surface area contributed by atoms with E-state index < -0.39 is 9.84 Å². The Kier molecular flexibility index (Phi) is 4.34. The van der Waals surface area contributed by atoms with Crippen LogP contribution >= 0.6 is 0 Å². The molecule has 8 heteroatoms. The van der Waals surface area contributed by atoms with Crippen molar-refractivity contribution in [1.29, 1.82) is 0 Å². The number of rotatable bonds is 4. The second kappa shape index (κ2) is 6.27. The molecular formula is C15H20N2O5S. The first-order chi connectivity index (χ1) is 10.9. The molecule has 7 nitrogen and oxygen atoms in total. The van der Waals surface area contributed by atoms with Crippen LogP contribution < -0.4 is 14.8 Å². The van der Waals surface area contributed by atoms with Gasteiger partial charge in [0.2, 0.25) is 5.91 Å². The standard InChI is InChI=1S/C15H20N2O5S/c1-17(12-4-7-23(19,20)10-12)15(18)9-16-11-2-3-13-14(8-11)22-6-5-21-13/h2-3,8,12,16H,4-7,9-10H2,1H3/t12-/m1/s1. The van der Waals surface area contributed by atoms with Crippen molar-refractivity contribution in [3.63, 3.8) is 0 Å². The minimum absolute atomic E-state index is 0.0548. The highest BCUT2D eigenvalue weighted by Crippen LogP contribution is 2.32. The second-order valence-corrected chi connectivity index (χ2v) is 8.00. The van der Waals surface area contributed by atoms with Crippen LogP contribution in [0.5, 0.6) is 11.5 Å². The molecule has 1 fully saturated rings. The van der Waals surface area contributed by atoms with E-state index in [1.165, 1.54) is 4.90 Å². The highest BCUT2D eigenvalue weighted by Gasteiger charge is 2.32. The van der Waals surface area contributed by atoms with Gasteiger partial charge in [0, 0.05) is 24.8 Å². The van der Waals surface area contributed by atoms with Crippen LogP contribution in [0.4, 0.5) is 5.69 Å². The highest BCUT2D eigenvalue weighted by atomic mass is 32.2. The summed E-state index contributed by atoms with van der Waals surface area (Å²) in [6.07, 6.45) is 0.509. The van der Waals surface area contributed by atoms with Crippen LogP contribution in [-0.2, 0) is 14.6 Å². The molecule has 0 aliphatic carbocycles. The maximum absolute atomic E-state index is 12.2. The van der Waals surface area contributed by atoms with Crippen LogP contribution in [0.25, 0.3) is 0 Å². The van der Waals surface area contributed by atoms with Gasteiger partial charge in [-0.25, -0.2) is 8.42 Å². The minimum Gasteiger partial charge on any atom is -0.486 e. The number of anilines is 1. The number of carbonyl (C=O) groups excluding carboxylic acids is 1. The van der Waals surface area contributed by atoms with Gasteiger partial charge in [-0.05, 0) is 18.6 Å². The van der Waals surface area contributed by atoms with Crippen LogP contribution in [-0.4, -0.2) is 63.6 Å². The number of likely N-dealkylation sites (N-methyl/N-ethyl adjacent to an activating group) is 1. The molecule has 2 aliphatic rings. The third-order valence-corrected chi connectivity index (χ3v) is 5.89. The summed E-state index contributed by atoms with van der Waals surface area (Å²) in [7, 11) is -1.34. The molecule has 0 aromatic heterocycles. The molecule has 1 aromatic rings. The molecule has 0 unspecified atom stereocenters. The van der Waals surface area contributed by atoms with E-state index in [-0.39, 0.29) is 30.0 Å². The monoisotopic (exact) mass is 340 g/mol. The summed E-state index contributed by atoms with van der Waals surface area (Å²) in [5.74, 6) is 1.43. The van der Waals surface area contributed by atoms with E-state index in [1.54, 1.807) is 19.2 Å². The molecule has 0 spiro atoms. The number of nitrogens with one attached hydrogen (secondary N) is 1. The third kappa shape index (κ3) is 3.69. The lowest BCUT2D eigenvalue weighted by molar-refractivity contribution is -0.129. The number of carbonyl (C=O) groups is 1. The van der Waals surface area contributed by atoms with Crippen molar-refractivity contribution in [2.24, 2.45) is 0 Å². The zero-order chi connectivity index (χ0) is 16.4. The molecule has 0 saturated carbocycles. The van der Waals surface area contributed by atoms with Crippen molar-refractivity contribution in [2.45, 2.75) is 12.5 Å². The first-order valence-corrected chi connectivity index (χ1v) is 9.36.